The van der Waals surface area contributed by atoms with Crippen molar-refractivity contribution in [1.82, 2.24) is 25.3 Å². The van der Waals surface area contributed by atoms with Gasteiger partial charge in [-0.05, 0) is 37.0 Å². The van der Waals surface area contributed by atoms with E-state index in [4.69, 9.17) is 23.2 Å². The minimum Gasteiger partial charge on any atom is -0.354 e. The number of nitrogens with zero attached hydrogens (tertiary/aromatic N) is 3. The number of halogens is 2. The van der Waals surface area contributed by atoms with Gasteiger partial charge >= 0.3 is 0 Å². The van der Waals surface area contributed by atoms with E-state index in [1.54, 1.807) is 17.0 Å². The zero-order valence-electron chi connectivity index (χ0n) is 16.2. The van der Waals surface area contributed by atoms with Gasteiger partial charge in [-0.1, -0.05) is 29.3 Å². The van der Waals surface area contributed by atoms with Crippen LogP contribution in [0.3, 0.4) is 0 Å². The van der Waals surface area contributed by atoms with Crippen LogP contribution in [0.15, 0.2) is 24.3 Å². The quantitative estimate of drug-likeness (QED) is 0.747. The van der Waals surface area contributed by atoms with Gasteiger partial charge in [0, 0.05) is 25.7 Å². The van der Waals surface area contributed by atoms with Crippen LogP contribution in [0.2, 0.25) is 10.0 Å². The number of fused-ring (bicyclic) bond motifs is 1. The Kier molecular flexibility index (Phi) is 5.97. The summed E-state index contributed by atoms with van der Waals surface area (Å²) in [6.07, 6.45) is 2.33. The molecule has 2 aliphatic rings. The van der Waals surface area contributed by atoms with Crippen molar-refractivity contribution in [3.8, 4) is 0 Å². The van der Waals surface area contributed by atoms with Gasteiger partial charge in [-0.25, -0.2) is 0 Å². The average molecular weight is 450 g/mol. The molecule has 1 fully saturated rings. The molecular weight excluding hydrogens is 429 g/mol. The van der Waals surface area contributed by atoms with E-state index in [2.05, 4.69) is 15.7 Å². The Hall–Kier alpha value is -2.58. The molecule has 0 spiro atoms. The Bertz CT molecular complexity index is 1010. The number of carbonyl (C=O) groups excluding carboxylic acids is 3. The predicted molar refractivity (Wildman–Crippen MR) is 112 cm³/mol. The molecule has 1 aromatic heterocycles. The second-order valence-corrected chi connectivity index (χ2v) is 8.24. The largest absolute Gasteiger partial charge is 0.354 e. The number of aromatic nitrogens is 2. The maximum atomic E-state index is 12.9. The third-order valence-electron chi connectivity index (χ3n) is 5.30. The molecule has 2 N–H and O–H groups in total. The van der Waals surface area contributed by atoms with E-state index >= 15 is 0 Å². The summed E-state index contributed by atoms with van der Waals surface area (Å²) >= 11 is 12.0. The van der Waals surface area contributed by atoms with Crippen molar-refractivity contribution in [2.45, 2.75) is 38.4 Å². The second-order valence-electron chi connectivity index (χ2n) is 7.43. The lowest BCUT2D eigenvalue weighted by molar-refractivity contribution is -0.122. The molecular formula is C20H21Cl2N5O3. The van der Waals surface area contributed by atoms with Crippen LogP contribution in [0.25, 0.3) is 0 Å². The molecule has 4 rings (SSSR count). The van der Waals surface area contributed by atoms with Gasteiger partial charge in [0.05, 0.1) is 16.6 Å². The van der Waals surface area contributed by atoms with Crippen molar-refractivity contribution in [2.24, 2.45) is 0 Å². The first-order chi connectivity index (χ1) is 14.4. The third-order valence-corrected chi connectivity index (χ3v) is 6.04. The molecule has 158 valence electrons. The molecule has 30 heavy (non-hydrogen) atoms. The lowest BCUT2D eigenvalue weighted by atomic mass is 10.1. The highest BCUT2D eigenvalue weighted by molar-refractivity contribution is 6.42. The number of nitrogens with one attached hydrogen (secondary N) is 2. The summed E-state index contributed by atoms with van der Waals surface area (Å²) in [6.45, 7) is 1.93. The SMILES string of the molecule is O=C(NC1CCCCNC1=O)c1cc2n(n1)CCN(Cc1ccc(Cl)c(Cl)c1)C2=O. The second kappa shape index (κ2) is 8.65. The van der Waals surface area contributed by atoms with Gasteiger partial charge in [-0.2, -0.15) is 5.10 Å². The Balaban J connectivity index is 1.46. The number of amides is 3. The summed E-state index contributed by atoms with van der Waals surface area (Å²) in [7, 11) is 0. The van der Waals surface area contributed by atoms with Crippen LogP contribution in [0.5, 0.6) is 0 Å². The van der Waals surface area contributed by atoms with E-state index < -0.39 is 11.9 Å². The van der Waals surface area contributed by atoms with Crippen LogP contribution in [-0.4, -0.2) is 51.5 Å². The molecule has 0 bridgehead atoms. The Morgan fingerprint density at radius 1 is 1.17 bits per heavy atom. The lowest BCUT2D eigenvalue weighted by Gasteiger charge is -2.27. The summed E-state index contributed by atoms with van der Waals surface area (Å²) in [6, 6.07) is 6.15. The molecule has 1 aromatic carbocycles. The summed E-state index contributed by atoms with van der Waals surface area (Å²) in [5.74, 6) is -0.859. The van der Waals surface area contributed by atoms with Crippen LogP contribution in [-0.2, 0) is 17.9 Å². The van der Waals surface area contributed by atoms with Crippen LogP contribution in [0.1, 0.15) is 45.8 Å². The van der Waals surface area contributed by atoms with Crippen LogP contribution in [0.4, 0.5) is 0 Å². The standard InChI is InChI=1S/C20H21Cl2N5O3/c21-13-5-4-12(9-14(13)22)11-26-7-8-27-17(20(26)30)10-16(25-27)19(29)24-15-3-1-2-6-23-18(15)28/h4-5,9-10,15H,1-3,6-8,11H2,(H,23,28)(H,24,29). The van der Waals surface area contributed by atoms with E-state index in [9.17, 15) is 14.4 Å². The van der Waals surface area contributed by atoms with Gasteiger partial charge in [-0.15, -0.1) is 0 Å². The summed E-state index contributed by atoms with van der Waals surface area (Å²) in [4.78, 5) is 39.3. The molecule has 1 atom stereocenters. The summed E-state index contributed by atoms with van der Waals surface area (Å²) < 4.78 is 1.54. The van der Waals surface area contributed by atoms with Crippen molar-refractivity contribution in [1.29, 1.82) is 0 Å². The number of carbonyl (C=O) groups is 3. The fourth-order valence-electron chi connectivity index (χ4n) is 3.67. The van der Waals surface area contributed by atoms with Gasteiger partial charge < -0.3 is 15.5 Å². The molecule has 1 saturated heterocycles. The average Bonchev–Trinajstić information content (AvgIpc) is 3.07. The Morgan fingerprint density at radius 3 is 2.80 bits per heavy atom. The van der Waals surface area contributed by atoms with Crippen LogP contribution in [0, 0.1) is 0 Å². The molecule has 2 aliphatic heterocycles. The predicted octanol–water partition coefficient (Wildman–Crippen LogP) is 2.24. The van der Waals surface area contributed by atoms with E-state index in [1.807, 2.05) is 6.07 Å². The fourth-order valence-corrected chi connectivity index (χ4v) is 3.99. The molecule has 3 heterocycles. The molecule has 0 saturated carbocycles. The van der Waals surface area contributed by atoms with Crippen molar-refractivity contribution in [3.05, 3.63) is 51.3 Å². The molecule has 10 heteroatoms. The van der Waals surface area contributed by atoms with Gasteiger partial charge in [-0.3, -0.25) is 19.1 Å². The van der Waals surface area contributed by atoms with Crippen molar-refractivity contribution >= 4 is 40.9 Å². The first kappa shape index (κ1) is 20.7. The van der Waals surface area contributed by atoms with Crippen LogP contribution >= 0.6 is 23.2 Å². The highest BCUT2D eigenvalue weighted by Crippen LogP contribution is 2.24. The monoisotopic (exact) mass is 449 g/mol. The fraction of sp³-hybridized carbons (Fsp3) is 0.400. The Morgan fingerprint density at radius 2 is 2.00 bits per heavy atom. The molecule has 0 aliphatic carbocycles. The molecule has 1 unspecified atom stereocenters. The van der Waals surface area contributed by atoms with E-state index in [0.717, 1.165) is 18.4 Å². The summed E-state index contributed by atoms with van der Waals surface area (Å²) in [5, 5.41) is 10.7. The zero-order valence-corrected chi connectivity index (χ0v) is 17.7. The van der Waals surface area contributed by atoms with Gasteiger partial charge in [0.25, 0.3) is 11.8 Å². The van der Waals surface area contributed by atoms with Crippen molar-refractivity contribution < 1.29 is 14.4 Å². The minimum absolute atomic E-state index is 0.131. The first-order valence-corrected chi connectivity index (χ1v) is 10.6. The van der Waals surface area contributed by atoms with Gasteiger partial charge in [0.15, 0.2) is 5.69 Å². The van der Waals surface area contributed by atoms with Crippen LogP contribution < -0.4 is 10.6 Å². The summed E-state index contributed by atoms with van der Waals surface area (Å²) in [5.41, 5.74) is 1.34. The molecule has 0 radical (unpaired) electrons. The zero-order chi connectivity index (χ0) is 21.3. The third kappa shape index (κ3) is 4.29. The van der Waals surface area contributed by atoms with E-state index in [-0.39, 0.29) is 17.5 Å². The minimum atomic E-state index is -0.583. The maximum absolute atomic E-state index is 12.9. The van der Waals surface area contributed by atoms with E-state index in [1.165, 1.54) is 10.7 Å². The van der Waals surface area contributed by atoms with Crippen molar-refractivity contribution in [3.63, 3.8) is 0 Å². The lowest BCUT2D eigenvalue weighted by Crippen LogP contribution is -2.45. The molecule has 3 amide bonds. The topological polar surface area (TPSA) is 96.3 Å². The normalized spacial score (nSPS) is 19.1. The van der Waals surface area contributed by atoms with Gasteiger partial charge in [0.1, 0.15) is 11.7 Å². The number of hydrogen-bond acceptors (Lipinski definition) is 4. The van der Waals surface area contributed by atoms with Gasteiger partial charge in [0.2, 0.25) is 5.91 Å². The molecule has 8 nitrogen and oxygen atoms in total. The van der Waals surface area contributed by atoms with E-state index in [0.29, 0.717) is 48.3 Å². The Labute approximate surface area is 183 Å². The number of rotatable bonds is 4. The number of benzene rings is 1. The first-order valence-electron chi connectivity index (χ1n) is 9.82. The van der Waals surface area contributed by atoms with Crippen molar-refractivity contribution in [2.75, 3.05) is 13.1 Å². The maximum Gasteiger partial charge on any atom is 0.272 e. The smallest absolute Gasteiger partial charge is 0.272 e. The molecule has 2 aromatic rings. The highest BCUT2D eigenvalue weighted by atomic mass is 35.5. The number of hydrogen-bond donors (Lipinski definition) is 2. The highest BCUT2D eigenvalue weighted by Gasteiger charge is 2.29.